The number of benzene rings is 1. The van der Waals surface area contributed by atoms with Crippen LogP contribution in [0.1, 0.15) is 27.0 Å². The SMILES string of the molecule is CNC(=O)c1cc(NS(=O)(=O)c2cc(C)c(C)cc2C)cnc1N1CCNCC1. The average molecular weight is 418 g/mol. The van der Waals surface area contributed by atoms with Crippen molar-refractivity contribution in [2.24, 2.45) is 0 Å². The highest BCUT2D eigenvalue weighted by atomic mass is 32.2. The quantitative estimate of drug-likeness (QED) is 0.682. The maximum absolute atomic E-state index is 13.0. The van der Waals surface area contributed by atoms with Crippen molar-refractivity contribution in [2.75, 3.05) is 42.8 Å². The van der Waals surface area contributed by atoms with Crippen molar-refractivity contribution in [2.45, 2.75) is 25.7 Å². The summed E-state index contributed by atoms with van der Waals surface area (Å²) < 4.78 is 28.5. The highest BCUT2D eigenvalue weighted by Crippen LogP contribution is 2.26. The topological polar surface area (TPSA) is 103 Å². The summed E-state index contributed by atoms with van der Waals surface area (Å²) in [5, 5.41) is 5.87. The Hall–Kier alpha value is -2.65. The van der Waals surface area contributed by atoms with Gasteiger partial charge < -0.3 is 15.5 Å². The number of pyridine rings is 1. The molecular weight excluding hydrogens is 390 g/mol. The minimum atomic E-state index is -3.82. The van der Waals surface area contributed by atoms with E-state index < -0.39 is 10.0 Å². The summed E-state index contributed by atoms with van der Waals surface area (Å²) >= 11 is 0. The second-order valence-electron chi connectivity index (χ2n) is 7.22. The molecule has 0 spiro atoms. The van der Waals surface area contributed by atoms with E-state index in [1.165, 1.54) is 12.3 Å². The van der Waals surface area contributed by atoms with Crippen LogP contribution in [-0.4, -0.2) is 52.5 Å². The predicted molar refractivity (Wildman–Crippen MR) is 114 cm³/mol. The molecule has 2 aromatic rings. The van der Waals surface area contributed by atoms with Crippen molar-refractivity contribution in [3.63, 3.8) is 0 Å². The second kappa shape index (κ2) is 8.38. The number of piperazine rings is 1. The van der Waals surface area contributed by atoms with Crippen LogP contribution in [0.4, 0.5) is 11.5 Å². The lowest BCUT2D eigenvalue weighted by atomic mass is 10.1. The highest BCUT2D eigenvalue weighted by Gasteiger charge is 2.23. The van der Waals surface area contributed by atoms with Crippen molar-refractivity contribution < 1.29 is 13.2 Å². The molecule has 29 heavy (non-hydrogen) atoms. The van der Waals surface area contributed by atoms with Gasteiger partial charge in [-0.2, -0.15) is 0 Å². The number of amides is 1. The van der Waals surface area contributed by atoms with Crippen molar-refractivity contribution in [3.8, 4) is 0 Å². The summed E-state index contributed by atoms with van der Waals surface area (Å²) in [5.74, 6) is 0.241. The minimum Gasteiger partial charge on any atom is -0.355 e. The molecule has 3 N–H and O–H groups in total. The van der Waals surface area contributed by atoms with Crippen LogP contribution in [0.25, 0.3) is 0 Å². The van der Waals surface area contributed by atoms with Crippen LogP contribution in [0.15, 0.2) is 29.3 Å². The van der Waals surface area contributed by atoms with Crippen LogP contribution in [0.2, 0.25) is 0 Å². The molecule has 0 aliphatic carbocycles. The van der Waals surface area contributed by atoms with Gasteiger partial charge >= 0.3 is 0 Å². The highest BCUT2D eigenvalue weighted by molar-refractivity contribution is 7.92. The summed E-state index contributed by atoms with van der Waals surface area (Å²) in [7, 11) is -2.27. The number of sulfonamides is 1. The Bertz CT molecular complexity index is 1030. The molecule has 0 saturated carbocycles. The summed E-state index contributed by atoms with van der Waals surface area (Å²) in [6.45, 7) is 8.64. The number of carbonyl (C=O) groups excluding carboxylic acids is 1. The molecule has 1 aromatic carbocycles. The number of aromatic nitrogens is 1. The van der Waals surface area contributed by atoms with E-state index in [0.29, 0.717) is 16.9 Å². The van der Waals surface area contributed by atoms with Crippen LogP contribution in [0.3, 0.4) is 0 Å². The Morgan fingerprint density at radius 3 is 2.38 bits per heavy atom. The summed E-state index contributed by atoms with van der Waals surface area (Å²) in [5.41, 5.74) is 3.18. The molecule has 1 fully saturated rings. The summed E-state index contributed by atoms with van der Waals surface area (Å²) in [6.07, 6.45) is 1.46. The van der Waals surface area contributed by atoms with E-state index in [9.17, 15) is 13.2 Å². The van der Waals surface area contributed by atoms with E-state index in [-0.39, 0.29) is 16.5 Å². The van der Waals surface area contributed by atoms with E-state index >= 15 is 0 Å². The fourth-order valence-corrected chi connectivity index (χ4v) is 4.72. The third kappa shape index (κ3) is 4.51. The lowest BCUT2D eigenvalue weighted by Crippen LogP contribution is -2.44. The Morgan fingerprint density at radius 2 is 1.72 bits per heavy atom. The molecule has 0 atom stereocenters. The van der Waals surface area contributed by atoms with Gasteiger partial charge in [0.05, 0.1) is 22.3 Å². The first-order chi connectivity index (χ1) is 13.7. The molecule has 8 nitrogen and oxygen atoms in total. The van der Waals surface area contributed by atoms with Crippen LogP contribution in [-0.2, 0) is 10.0 Å². The van der Waals surface area contributed by atoms with Crippen molar-refractivity contribution in [1.29, 1.82) is 0 Å². The third-order valence-corrected chi connectivity index (χ3v) is 6.61. The van der Waals surface area contributed by atoms with E-state index in [2.05, 4.69) is 20.3 Å². The molecule has 0 radical (unpaired) electrons. The molecule has 1 aromatic heterocycles. The zero-order valence-corrected chi connectivity index (χ0v) is 18.0. The molecule has 1 aliphatic rings. The number of rotatable bonds is 5. The first kappa shape index (κ1) is 21.1. The van der Waals surface area contributed by atoms with Gasteiger partial charge in [0, 0.05) is 33.2 Å². The van der Waals surface area contributed by atoms with Gasteiger partial charge in [-0.05, 0) is 49.6 Å². The van der Waals surface area contributed by atoms with Crippen molar-refractivity contribution >= 4 is 27.4 Å². The monoisotopic (exact) mass is 417 g/mol. The largest absolute Gasteiger partial charge is 0.355 e. The van der Waals surface area contributed by atoms with Gasteiger partial charge in [-0.25, -0.2) is 13.4 Å². The molecule has 1 saturated heterocycles. The standard InChI is InChI=1S/C20H27N5O3S/c1-13-9-15(3)18(10-14(13)2)29(27,28)24-16-11-17(20(26)21-4)19(23-12-16)25-7-5-22-6-8-25/h9-12,22,24H,5-8H2,1-4H3,(H,21,26). The summed E-state index contributed by atoms with van der Waals surface area (Å²) in [6, 6.07) is 5.05. The molecule has 2 heterocycles. The Kier molecular flexibility index (Phi) is 6.09. The number of anilines is 2. The molecule has 1 aliphatic heterocycles. The maximum atomic E-state index is 13.0. The predicted octanol–water partition coefficient (Wildman–Crippen LogP) is 1.58. The Morgan fingerprint density at radius 1 is 1.07 bits per heavy atom. The smallest absolute Gasteiger partial charge is 0.262 e. The van der Waals surface area contributed by atoms with Gasteiger partial charge in [0.1, 0.15) is 5.82 Å². The van der Waals surface area contributed by atoms with Gasteiger partial charge in [0.2, 0.25) is 0 Å². The van der Waals surface area contributed by atoms with Gasteiger partial charge in [0.15, 0.2) is 0 Å². The fraction of sp³-hybridized carbons (Fsp3) is 0.400. The van der Waals surface area contributed by atoms with Gasteiger partial charge in [0.25, 0.3) is 15.9 Å². The van der Waals surface area contributed by atoms with E-state index in [1.54, 1.807) is 20.0 Å². The molecule has 0 bridgehead atoms. The first-order valence-electron chi connectivity index (χ1n) is 9.51. The Balaban J connectivity index is 1.97. The fourth-order valence-electron chi connectivity index (χ4n) is 3.38. The summed E-state index contributed by atoms with van der Waals surface area (Å²) in [4.78, 5) is 19.1. The third-order valence-electron chi connectivity index (χ3n) is 5.09. The number of aryl methyl sites for hydroxylation is 3. The molecule has 9 heteroatoms. The maximum Gasteiger partial charge on any atom is 0.262 e. The van der Waals surface area contributed by atoms with Gasteiger partial charge in [-0.1, -0.05) is 6.07 Å². The van der Waals surface area contributed by atoms with Gasteiger partial charge in [-0.15, -0.1) is 0 Å². The molecule has 156 valence electrons. The van der Waals surface area contributed by atoms with Crippen molar-refractivity contribution in [1.82, 2.24) is 15.6 Å². The zero-order valence-electron chi connectivity index (χ0n) is 17.2. The Labute approximate surface area is 171 Å². The molecule has 0 unspecified atom stereocenters. The lowest BCUT2D eigenvalue weighted by Gasteiger charge is -2.29. The van der Waals surface area contributed by atoms with Gasteiger partial charge in [-0.3, -0.25) is 9.52 Å². The number of hydrogen-bond donors (Lipinski definition) is 3. The average Bonchev–Trinajstić information content (AvgIpc) is 2.70. The molecular formula is C20H27N5O3S. The first-order valence-corrected chi connectivity index (χ1v) is 11.0. The number of hydrogen-bond acceptors (Lipinski definition) is 6. The lowest BCUT2D eigenvalue weighted by molar-refractivity contribution is 0.0963. The zero-order chi connectivity index (χ0) is 21.2. The van der Waals surface area contributed by atoms with E-state index in [0.717, 1.165) is 37.3 Å². The molecule has 1 amide bonds. The number of carbonyl (C=O) groups is 1. The number of nitrogens with one attached hydrogen (secondary N) is 3. The van der Waals surface area contributed by atoms with E-state index in [1.807, 2.05) is 24.8 Å². The van der Waals surface area contributed by atoms with Crippen LogP contribution in [0.5, 0.6) is 0 Å². The van der Waals surface area contributed by atoms with Crippen LogP contribution >= 0.6 is 0 Å². The number of nitrogens with zero attached hydrogens (tertiary/aromatic N) is 2. The van der Waals surface area contributed by atoms with Crippen LogP contribution < -0.4 is 20.3 Å². The van der Waals surface area contributed by atoms with Crippen molar-refractivity contribution in [3.05, 3.63) is 46.6 Å². The minimum absolute atomic E-state index is 0.216. The van der Waals surface area contributed by atoms with E-state index in [4.69, 9.17) is 0 Å². The van der Waals surface area contributed by atoms with Crippen LogP contribution in [0, 0.1) is 20.8 Å². The molecule has 3 rings (SSSR count). The normalized spacial score (nSPS) is 14.6. The second-order valence-corrected chi connectivity index (χ2v) is 8.87.